The van der Waals surface area contributed by atoms with Crippen LogP contribution in [0.1, 0.15) is 65.7 Å². The third kappa shape index (κ3) is 6.21. The van der Waals surface area contributed by atoms with E-state index < -0.39 is 0 Å². The lowest BCUT2D eigenvalue weighted by molar-refractivity contribution is -0.126. The number of nitrogens with zero attached hydrogens (tertiary/aromatic N) is 1. The van der Waals surface area contributed by atoms with Crippen molar-refractivity contribution in [1.82, 2.24) is 10.2 Å². The van der Waals surface area contributed by atoms with E-state index in [-0.39, 0.29) is 23.6 Å². The standard InChI is InChI=1S/C27H33N3O3/c31-25(28-19-20-7-3-1-4-8-20)22-15-17-30(18-16-22)27(33)23-11-13-24(14-12-23)29-26(32)21-9-5-2-6-10-21/h2,5-6,9-14,20,22H,1,3-4,7-8,15-19H2,(H,28,31)(H,29,32). The van der Waals surface area contributed by atoms with Crippen molar-refractivity contribution in [1.29, 1.82) is 0 Å². The number of rotatable bonds is 6. The van der Waals surface area contributed by atoms with Gasteiger partial charge in [0.25, 0.3) is 11.8 Å². The van der Waals surface area contributed by atoms with Crippen LogP contribution in [0, 0.1) is 11.8 Å². The molecule has 1 saturated carbocycles. The van der Waals surface area contributed by atoms with Gasteiger partial charge in [0, 0.05) is 42.4 Å². The van der Waals surface area contributed by atoms with E-state index in [1.165, 1.54) is 32.1 Å². The first-order valence-electron chi connectivity index (χ1n) is 12.1. The molecule has 2 N–H and O–H groups in total. The molecule has 6 nitrogen and oxygen atoms in total. The first-order chi connectivity index (χ1) is 16.1. The van der Waals surface area contributed by atoms with E-state index in [0.29, 0.717) is 48.7 Å². The molecule has 1 saturated heterocycles. The molecule has 1 aliphatic heterocycles. The summed E-state index contributed by atoms with van der Waals surface area (Å²) < 4.78 is 0. The highest BCUT2D eigenvalue weighted by molar-refractivity contribution is 6.04. The van der Waals surface area contributed by atoms with Crippen molar-refractivity contribution in [2.75, 3.05) is 25.0 Å². The first-order valence-corrected chi connectivity index (χ1v) is 12.1. The first kappa shape index (κ1) is 23.0. The van der Waals surface area contributed by atoms with Gasteiger partial charge < -0.3 is 15.5 Å². The second-order valence-corrected chi connectivity index (χ2v) is 9.21. The molecule has 3 amide bonds. The van der Waals surface area contributed by atoms with Crippen LogP contribution in [0.4, 0.5) is 5.69 Å². The average molecular weight is 448 g/mol. The van der Waals surface area contributed by atoms with Crippen molar-refractivity contribution in [3.8, 4) is 0 Å². The fourth-order valence-corrected chi connectivity index (χ4v) is 4.80. The fraction of sp³-hybridized carbons (Fsp3) is 0.444. The smallest absolute Gasteiger partial charge is 0.255 e. The normalized spacial score (nSPS) is 17.4. The van der Waals surface area contributed by atoms with Gasteiger partial charge in [0.15, 0.2) is 0 Å². The van der Waals surface area contributed by atoms with Gasteiger partial charge in [-0.1, -0.05) is 37.5 Å². The number of hydrogen-bond acceptors (Lipinski definition) is 3. The summed E-state index contributed by atoms with van der Waals surface area (Å²) in [7, 11) is 0. The fourth-order valence-electron chi connectivity index (χ4n) is 4.80. The van der Waals surface area contributed by atoms with Gasteiger partial charge in [0.05, 0.1) is 0 Å². The minimum Gasteiger partial charge on any atom is -0.356 e. The number of anilines is 1. The largest absolute Gasteiger partial charge is 0.356 e. The van der Waals surface area contributed by atoms with Gasteiger partial charge in [-0.05, 0) is 68.0 Å². The Balaban J connectivity index is 1.23. The van der Waals surface area contributed by atoms with Crippen molar-refractivity contribution >= 4 is 23.4 Å². The summed E-state index contributed by atoms with van der Waals surface area (Å²) in [6, 6.07) is 16.0. The van der Waals surface area contributed by atoms with Gasteiger partial charge in [0.1, 0.15) is 0 Å². The third-order valence-corrected chi connectivity index (χ3v) is 6.87. The van der Waals surface area contributed by atoms with Crippen LogP contribution < -0.4 is 10.6 Å². The van der Waals surface area contributed by atoms with E-state index in [0.717, 1.165) is 6.54 Å². The van der Waals surface area contributed by atoms with Gasteiger partial charge >= 0.3 is 0 Å². The molecule has 174 valence electrons. The van der Waals surface area contributed by atoms with Crippen molar-refractivity contribution in [2.24, 2.45) is 11.8 Å². The van der Waals surface area contributed by atoms with Gasteiger partial charge in [0.2, 0.25) is 5.91 Å². The molecule has 2 aromatic carbocycles. The third-order valence-electron chi connectivity index (χ3n) is 6.87. The summed E-state index contributed by atoms with van der Waals surface area (Å²) in [6.45, 7) is 1.98. The Hall–Kier alpha value is -3.15. The number of amides is 3. The molecule has 2 aromatic rings. The zero-order valence-corrected chi connectivity index (χ0v) is 19.1. The Labute approximate surface area is 195 Å². The SMILES string of the molecule is O=C(Nc1ccc(C(=O)N2CCC(C(=O)NCC3CCCCC3)CC2)cc1)c1ccccc1. The molecule has 4 rings (SSSR count). The highest BCUT2D eigenvalue weighted by Crippen LogP contribution is 2.24. The Kier molecular flexibility index (Phi) is 7.76. The Morgan fingerprint density at radius 1 is 0.788 bits per heavy atom. The highest BCUT2D eigenvalue weighted by Gasteiger charge is 2.28. The number of likely N-dealkylation sites (tertiary alicyclic amines) is 1. The van der Waals surface area contributed by atoms with Crippen molar-refractivity contribution in [3.63, 3.8) is 0 Å². The molecule has 2 fully saturated rings. The minimum atomic E-state index is -0.182. The number of nitrogens with one attached hydrogen (secondary N) is 2. The number of benzene rings is 2. The van der Waals surface area contributed by atoms with Crippen LogP contribution in [0.5, 0.6) is 0 Å². The van der Waals surface area contributed by atoms with Crippen LogP contribution in [0.3, 0.4) is 0 Å². The van der Waals surface area contributed by atoms with E-state index in [9.17, 15) is 14.4 Å². The molecule has 2 aliphatic rings. The predicted octanol–water partition coefficient (Wildman–Crippen LogP) is 4.49. The topological polar surface area (TPSA) is 78.5 Å². The zero-order chi connectivity index (χ0) is 23.0. The average Bonchev–Trinajstić information content (AvgIpc) is 2.88. The zero-order valence-electron chi connectivity index (χ0n) is 19.1. The molecule has 0 unspecified atom stereocenters. The maximum Gasteiger partial charge on any atom is 0.255 e. The number of carbonyl (C=O) groups excluding carboxylic acids is 3. The van der Waals surface area contributed by atoms with Crippen LogP contribution in [0.2, 0.25) is 0 Å². The minimum absolute atomic E-state index is 0.00628. The lowest BCUT2D eigenvalue weighted by atomic mass is 9.89. The molecule has 33 heavy (non-hydrogen) atoms. The molecule has 0 radical (unpaired) electrons. The van der Waals surface area contributed by atoms with E-state index in [4.69, 9.17) is 0 Å². The lowest BCUT2D eigenvalue weighted by Gasteiger charge is -2.32. The van der Waals surface area contributed by atoms with E-state index in [2.05, 4.69) is 10.6 Å². The monoisotopic (exact) mass is 447 g/mol. The summed E-state index contributed by atoms with van der Waals surface area (Å²) in [5.74, 6) is 0.555. The predicted molar refractivity (Wildman–Crippen MR) is 129 cm³/mol. The van der Waals surface area contributed by atoms with Gasteiger partial charge in [-0.3, -0.25) is 14.4 Å². The van der Waals surface area contributed by atoms with E-state index in [1.807, 2.05) is 23.1 Å². The van der Waals surface area contributed by atoms with Crippen LogP contribution in [0.15, 0.2) is 54.6 Å². The van der Waals surface area contributed by atoms with Gasteiger partial charge in [-0.15, -0.1) is 0 Å². The molecule has 1 aliphatic carbocycles. The molecule has 0 bridgehead atoms. The van der Waals surface area contributed by atoms with Crippen LogP contribution >= 0.6 is 0 Å². The van der Waals surface area contributed by atoms with Crippen LogP contribution in [-0.4, -0.2) is 42.3 Å². The van der Waals surface area contributed by atoms with E-state index in [1.54, 1.807) is 36.4 Å². The molecule has 1 heterocycles. The summed E-state index contributed by atoms with van der Waals surface area (Å²) >= 11 is 0. The molecule has 0 atom stereocenters. The Bertz CT molecular complexity index is 944. The second kappa shape index (κ2) is 11.1. The Morgan fingerprint density at radius 3 is 2.12 bits per heavy atom. The molecule has 6 heteroatoms. The summed E-state index contributed by atoms with van der Waals surface area (Å²) in [5, 5.41) is 6.00. The van der Waals surface area contributed by atoms with Gasteiger partial charge in [-0.2, -0.15) is 0 Å². The Morgan fingerprint density at radius 2 is 1.45 bits per heavy atom. The van der Waals surface area contributed by atoms with E-state index >= 15 is 0 Å². The quantitative estimate of drug-likeness (QED) is 0.685. The molecular formula is C27H33N3O3. The highest BCUT2D eigenvalue weighted by atomic mass is 16.2. The van der Waals surface area contributed by atoms with Crippen molar-refractivity contribution < 1.29 is 14.4 Å². The number of piperidine rings is 1. The summed E-state index contributed by atoms with van der Waals surface area (Å²) in [4.78, 5) is 39.6. The number of hydrogen-bond donors (Lipinski definition) is 2. The maximum absolute atomic E-state index is 12.9. The summed E-state index contributed by atoms with van der Waals surface area (Å²) in [5.41, 5.74) is 1.82. The molecule has 0 spiro atoms. The number of carbonyl (C=O) groups is 3. The van der Waals surface area contributed by atoms with Crippen LogP contribution in [-0.2, 0) is 4.79 Å². The van der Waals surface area contributed by atoms with Gasteiger partial charge in [-0.25, -0.2) is 0 Å². The molecule has 0 aromatic heterocycles. The van der Waals surface area contributed by atoms with Crippen molar-refractivity contribution in [3.05, 3.63) is 65.7 Å². The lowest BCUT2D eigenvalue weighted by Crippen LogP contribution is -2.43. The summed E-state index contributed by atoms with van der Waals surface area (Å²) in [6.07, 6.45) is 7.73. The van der Waals surface area contributed by atoms with Crippen LogP contribution in [0.25, 0.3) is 0 Å². The van der Waals surface area contributed by atoms with Crippen molar-refractivity contribution in [2.45, 2.75) is 44.9 Å². The second-order valence-electron chi connectivity index (χ2n) is 9.21. The molecular weight excluding hydrogens is 414 g/mol. The maximum atomic E-state index is 12.9.